The molecule has 0 unspecified atom stereocenters. The van der Waals surface area contributed by atoms with Gasteiger partial charge < -0.3 is 19.0 Å². The Balaban J connectivity index is 1.45. The van der Waals surface area contributed by atoms with Crippen molar-refractivity contribution in [2.45, 2.75) is 27.2 Å². The van der Waals surface area contributed by atoms with Gasteiger partial charge >= 0.3 is 0 Å². The highest BCUT2D eigenvalue weighted by Gasteiger charge is 2.19. The molecule has 8 nitrogen and oxygen atoms in total. The standard InChI is InChI=1S/C30H33FN4O4/c1-5-33(29(37)25-9-7-10-26(31)21(25)3)17-8-18-34(6-2)30-32-27-19-23(13-16-28(27)39-30)35(20-36)22-11-14-24(38-4)15-12-22/h7,9-16,19-20H,5-6,8,17-18H2,1-4H3. The number of hydrogen-bond donors (Lipinski definition) is 0. The highest BCUT2D eigenvalue weighted by atomic mass is 19.1. The molecule has 0 aliphatic heterocycles. The van der Waals surface area contributed by atoms with Gasteiger partial charge in [-0.3, -0.25) is 14.5 Å². The lowest BCUT2D eigenvalue weighted by atomic mass is 10.1. The first kappa shape index (κ1) is 27.6. The number of hydrogen-bond acceptors (Lipinski definition) is 6. The van der Waals surface area contributed by atoms with Gasteiger partial charge in [-0.15, -0.1) is 0 Å². The molecule has 39 heavy (non-hydrogen) atoms. The van der Waals surface area contributed by atoms with Crippen molar-refractivity contribution in [3.05, 3.63) is 77.6 Å². The molecule has 0 bridgehead atoms. The van der Waals surface area contributed by atoms with Crippen LogP contribution in [0.4, 0.5) is 21.8 Å². The zero-order valence-electron chi connectivity index (χ0n) is 22.7. The van der Waals surface area contributed by atoms with E-state index in [1.807, 2.05) is 43.0 Å². The third kappa shape index (κ3) is 6.03. The lowest BCUT2D eigenvalue weighted by Crippen LogP contribution is -2.35. The van der Waals surface area contributed by atoms with Crippen LogP contribution < -0.4 is 14.5 Å². The molecule has 0 radical (unpaired) electrons. The molecule has 1 heterocycles. The van der Waals surface area contributed by atoms with E-state index in [1.165, 1.54) is 11.0 Å². The third-order valence-corrected chi connectivity index (χ3v) is 6.77. The number of aromatic nitrogens is 1. The molecule has 0 fully saturated rings. The van der Waals surface area contributed by atoms with E-state index < -0.39 is 0 Å². The lowest BCUT2D eigenvalue weighted by molar-refractivity contribution is -0.106. The number of benzene rings is 3. The molecule has 204 valence electrons. The summed E-state index contributed by atoms with van der Waals surface area (Å²) in [4.78, 5) is 34.9. The first-order valence-electron chi connectivity index (χ1n) is 13.0. The number of oxazole rings is 1. The van der Waals surface area contributed by atoms with Gasteiger partial charge in [0.15, 0.2) is 5.58 Å². The highest BCUT2D eigenvalue weighted by molar-refractivity contribution is 5.95. The molecule has 9 heteroatoms. The molecule has 0 aliphatic rings. The first-order chi connectivity index (χ1) is 18.9. The summed E-state index contributed by atoms with van der Waals surface area (Å²) in [5, 5.41) is 0. The van der Waals surface area contributed by atoms with Crippen molar-refractivity contribution in [1.29, 1.82) is 0 Å². The monoisotopic (exact) mass is 532 g/mol. The van der Waals surface area contributed by atoms with Gasteiger partial charge in [0, 0.05) is 37.4 Å². The molecule has 0 saturated carbocycles. The van der Waals surface area contributed by atoms with Crippen molar-refractivity contribution < 1.29 is 23.1 Å². The van der Waals surface area contributed by atoms with Crippen LogP contribution in [-0.4, -0.2) is 55.5 Å². The Morgan fingerprint density at radius 2 is 1.77 bits per heavy atom. The van der Waals surface area contributed by atoms with E-state index in [0.717, 1.165) is 6.41 Å². The second-order valence-corrected chi connectivity index (χ2v) is 9.05. The minimum Gasteiger partial charge on any atom is -0.497 e. The summed E-state index contributed by atoms with van der Waals surface area (Å²) in [6.07, 6.45) is 1.44. The molecule has 0 spiro atoms. The number of carbonyl (C=O) groups excluding carboxylic acids is 2. The van der Waals surface area contributed by atoms with Gasteiger partial charge in [-0.2, -0.15) is 4.98 Å². The van der Waals surface area contributed by atoms with Crippen LogP contribution in [0.3, 0.4) is 0 Å². The molecule has 0 N–H and O–H groups in total. The third-order valence-electron chi connectivity index (χ3n) is 6.77. The Kier molecular flexibility index (Phi) is 8.81. The summed E-state index contributed by atoms with van der Waals surface area (Å²) < 4.78 is 25.2. The maximum absolute atomic E-state index is 14.0. The van der Waals surface area contributed by atoms with Gasteiger partial charge in [0.25, 0.3) is 11.9 Å². The van der Waals surface area contributed by atoms with Crippen molar-refractivity contribution in [2.24, 2.45) is 0 Å². The topological polar surface area (TPSA) is 79.1 Å². The number of carbonyl (C=O) groups is 2. The fourth-order valence-corrected chi connectivity index (χ4v) is 4.46. The number of fused-ring (bicyclic) bond motifs is 1. The predicted octanol–water partition coefficient (Wildman–Crippen LogP) is 5.96. The van der Waals surface area contributed by atoms with Crippen molar-refractivity contribution >= 4 is 40.8 Å². The summed E-state index contributed by atoms with van der Waals surface area (Å²) in [6.45, 7) is 7.87. The maximum Gasteiger partial charge on any atom is 0.298 e. The average molecular weight is 533 g/mol. The van der Waals surface area contributed by atoms with Crippen molar-refractivity contribution in [2.75, 3.05) is 43.1 Å². The van der Waals surface area contributed by atoms with Crippen LogP contribution in [0.2, 0.25) is 0 Å². The maximum atomic E-state index is 14.0. The smallest absolute Gasteiger partial charge is 0.298 e. The van der Waals surface area contributed by atoms with Gasteiger partial charge in [0.05, 0.1) is 12.8 Å². The number of amides is 2. The minimum absolute atomic E-state index is 0.177. The van der Waals surface area contributed by atoms with Crippen molar-refractivity contribution in [3.8, 4) is 5.75 Å². The van der Waals surface area contributed by atoms with E-state index in [2.05, 4.69) is 4.98 Å². The number of nitrogens with zero attached hydrogens (tertiary/aromatic N) is 4. The van der Waals surface area contributed by atoms with Gasteiger partial charge in [0.1, 0.15) is 17.1 Å². The summed E-state index contributed by atoms with van der Waals surface area (Å²) in [5.74, 6) is 0.147. The zero-order chi connectivity index (χ0) is 27.9. The quantitative estimate of drug-likeness (QED) is 0.210. The molecule has 2 amide bonds. The summed E-state index contributed by atoms with van der Waals surface area (Å²) in [7, 11) is 1.59. The van der Waals surface area contributed by atoms with Crippen molar-refractivity contribution in [3.63, 3.8) is 0 Å². The Hall–Kier alpha value is -4.40. The number of anilines is 3. The Morgan fingerprint density at radius 3 is 2.44 bits per heavy atom. The second-order valence-electron chi connectivity index (χ2n) is 9.05. The van der Waals surface area contributed by atoms with Gasteiger partial charge in [-0.25, -0.2) is 4.39 Å². The number of methoxy groups -OCH3 is 1. The van der Waals surface area contributed by atoms with E-state index in [4.69, 9.17) is 9.15 Å². The van der Waals surface area contributed by atoms with Crippen LogP contribution in [0.25, 0.3) is 11.1 Å². The van der Waals surface area contributed by atoms with Crippen LogP contribution in [0.5, 0.6) is 5.75 Å². The van der Waals surface area contributed by atoms with E-state index in [-0.39, 0.29) is 11.7 Å². The van der Waals surface area contributed by atoms with Crippen LogP contribution in [-0.2, 0) is 4.79 Å². The van der Waals surface area contributed by atoms with Crippen molar-refractivity contribution in [1.82, 2.24) is 9.88 Å². The van der Waals surface area contributed by atoms with E-state index in [1.54, 1.807) is 49.3 Å². The van der Waals surface area contributed by atoms with Gasteiger partial charge in [-0.05, 0) is 87.4 Å². The predicted molar refractivity (Wildman–Crippen MR) is 150 cm³/mol. The SMILES string of the molecule is CCN(CCCN(CC)c1nc2cc(N(C=O)c3ccc(OC)cc3)ccc2o1)C(=O)c1cccc(F)c1C. The average Bonchev–Trinajstić information content (AvgIpc) is 3.38. The molecule has 0 saturated heterocycles. The molecule has 0 aliphatic carbocycles. The minimum atomic E-state index is -0.381. The fourth-order valence-electron chi connectivity index (χ4n) is 4.46. The van der Waals surface area contributed by atoms with Crippen LogP contribution in [0.15, 0.2) is 65.1 Å². The van der Waals surface area contributed by atoms with Gasteiger partial charge in [-0.1, -0.05) is 6.07 Å². The van der Waals surface area contributed by atoms with Crippen LogP contribution in [0.1, 0.15) is 36.2 Å². The summed E-state index contributed by atoms with van der Waals surface area (Å²) >= 11 is 0. The molecule has 1 aromatic heterocycles. The van der Waals surface area contributed by atoms with E-state index >= 15 is 0 Å². The number of rotatable bonds is 12. The summed E-state index contributed by atoms with van der Waals surface area (Å²) in [5.41, 5.74) is 3.36. The molecule has 3 aromatic carbocycles. The number of ether oxygens (including phenoxy) is 1. The van der Waals surface area contributed by atoms with Crippen LogP contribution in [0, 0.1) is 12.7 Å². The number of halogens is 1. The van der Waals surface area contributed by atoms with Crippen LogP contribution >= 0.6 is 0 Å². The van der Waals surface area contributed by atoms with E-state index in [9.17, 15) is 14.0 Å². The fraction of sp³-hybridized carbons (Fsp3) is 0.300. The molecule has 4 rings (SSSR count). The Morgan fingerprint density at radius 1 is 1.03 bits per heavy atom. The second kappa shape index (κ2) is 12.4. The van der Waals surface area contributed by atoms with E-state index in [0.29, 0.717) is 78.0 Å². The molecule has 4 aromatic rings. The summed E-state index contributed by atoms with van der Waals surface area (Å²) in [6, 6.07) is 17.7. The molecule has 0 atom stereocenters. The molecular weight excluding hydrogens is 499 g/mol. The Labute approximate surface area is 227 Å². The zero-order valence-corrected chi connectivity index (χ0v) is 22.7. The lowest BCUT2D eigenvalue weighted by Gasteiger charge is -2.24. The highest BCUT2D eigenvalue weighted by Crippen LogP contribution is 2.30. The van der Waals surface area contributed by atoms with Gasteiger partial charge in [0.2, 0.25) is 6.41 Å². The Bertz CT molecular complexity index is 1440. The normalized spacial score (nSPS) is 10.9. The first-order valence-corrected chi connectivity index (χ1v) is 13.0. The molecular formula is C30H33FN4O4. The largest absolute Gasteiger partial charge is 0.497 e.